The van der Waals surface area contributed by atoms with Gasteiger partial charge in [0.1, 0.15) is 23.9 Å². The third kappa shape index (κ3) is 6.06. The van der Waals surface area contributed by atoms with Gasteiger partial charge in [-0.25, -0.2) is 9.48 Å². The predicted molar refractivity (Wildman–Crippen MR) is 132 cm³/mol. The molecule has 0 atom stereocenters. The number of likely N-dealkylation sites (N-methyl/N-ethyl adjacent to an activating group) is 1. The van der Waals surface area contributed by atoms with Gasteiger partial charge in [-0.1, -0.05) is 26.8 Å². The van der Waals surface area contributed by atoms with E-state index in [0.29, 0.717) is 17.3 Å². The fourth-order valence-electron chi connectivity index (χ4n) is 3.15. The molecule has 1 heterocycles. The summed E-state index contributed by atoms with van der Waals surface area (Å²) < 4.78 is 12.1. The second-order valence-electron chi connectivity index (χ2n) is 8.84. The lowest BCUT2D eigenvalue weighted by molar-refractivity contribution is -0.116. The van der Waals surface area contributed by atoms with Crippen molar-refractivity contribution in [3.05, 3.63) is 60.3 Å². The van der Waals surface area contributed by atoms with Crippen molar-refractivity contribution in [2.45, 2.75) is 26.2 Å². The lowest BCUT2D eigenvalue weighted by Crippen LogP contribution is -2.37. The van der Waals surface area contributed by atoms with Gasteiger partial charge in [0.2, 0.25) is 5.91 Å². The first kappa shape index (κ1) is 24.6. The van der Waals surface area contributed by atoms with Gasteiger partial charge in [0, 0.05) is 30.3 Å². The van der Waals surface area contributed by atoms with Crippen LogP contribution in [-0.2, 0) is 10.2 Å². The average molecular weight is 466 g/mol. The van der Waals surface area contributed by atoms with Crippen LogP contribution in [0.5, 0.6) is 11.5 Å². The largest absolute Gasteiger partial charge is 0.497 e. The lowest BCUT2D eigenvalue weighted by atomic mass is 9.92. The lowest BCUT2D eigenvalue weighted by Gasteiger charge is -2.18. The number of carbonyl (C=O) groups is 2. The van der Waals surface area contributed by atoms with E-state index in [0.717, 1.165) is 17.1 Å². The molecule has 3 rings (SSSR count). The van der Waals surface area contributed by atoms with Crippen LogP contribution >= 0.6 is 0 Å². The van der Waals surface area contributed by atoms with Gasteiger partial charge in [-0.05, 0) is 36.4 Å². The van der Waals surface area contributed by atoms with Gasteiger partial charge in [0.25, 0.3) is 0 Å². The van der Waals surface area contributed by atoms with E-state index in [1.54, 1.807) is 50.2 Å². The zero-order chi connectivity index (χ0) is 24.9. The van der Waals surface area contributed by atoms with Crippen molar-refractivity contribution in [2.24, 2.45) is 0 Å². The Morgan fingerprint density at radius 2 is 1.65 bits per heavy atom. The molecule has 0 unspecified atom stereocenters. The summed E-state index contributed by atoms with van der Waals surface area (Å²) in [6.07, 6.45) is 0. The number of aromatic nitrogens is 2. The summed E-state index contributed by atoms with van der Waals surface area (Å²) in [6, 6.07) is 15.8. The van der Waals surface area contributed by atoms with Crippen LogP contribution in [0, 0.1) is 0 Å². The van der Waals surface area contributed by atoms with E-state index in [4.69, 9.17) is 14.6 Å². The molecule has 180 valence electrons. The van der Waals surface area contributed by atoms with Gasteiger partial charge >= 0.3 is 6.03 Å². The van der Waals surface area contributed by atoms with Crippen LogP contribution in [0.15, 0.2) is 54.6 Å². The Morgan fingerprint density at radius 3 is 2.26 bits per heavy atom. The Morgan fingerprint density at radius 1 is 0.971 bits per heavy atom. The van der Waals surface area contributed by atoms with Crippen molar-refractivity contribution in [3.63, 3.8) is 0 Å². The fourth-order valence-corrected chi connectivity index (χ4v) is 3.15. The maximum Gasteiger partial charge on any atom is 0.322 e. The second kappa shape index (κ2) is 10.3. The van der Waals surface area contributed by atoms with Crippen LogP contribution in [0.4, 0.5) is 16.3 Å². The number of hydrogen-bond donors (Lipinski definition) is 2. The minimum absolute atomic E-state index is 0.144. The highest BCUT2D eigenvalue weighted by Crippen LogP contribution is 2.27. The normalized spacial score (nSPS) is 11.0. The number of nitrogens with one attached hydrogen (secondary N) is 2. The van der Waals surface area contributed by atoms with Crippen molar-refractivity contribution in [3.8, 4) is 17.2 Å². The molecule has 1 aromatic heterocycles. The van der Waals surface area contributed by atoms with E-state index in [-0.39, 0.29) is 17.9 Å². The fraction of sp³-hybridized carbons (Fsp3) is 0.320. The summed E-state index contributed by atoms with van der Waals surface area (Å²) in [6.45, 7) is 6.01. The van der Waals surface area contributed by atoms with Gasteiger partial charge in [0.05, 0.1) is 25.6 Å². The van der Waals surface area contributed by atoms with Gasteiger partial charge in [-0.3, -0.25) is 4.79 Å². The molecule has 0 bridgehead atoms. The first-order valence-electron chi connectivity index (χ1n) is 10.8. The molecule has 0 fully saturated rings. The first-order valence-corrected chi connectivity index (χ1v) is 10.8. The molecule has 3 aromatic rings. The number of carbonyl (C=O) groups excluding carboxylic acids is 2. The van der Waals surface area contributed by atoms with E-state index < -0.39 is 6.03 Å². The van der Waals surface area contributed by atoms with Crippen LogP contribution in [-0.4, -0.2) is 54.4 Å². The highest BCUT2D eigenvalue weighted by molar-refractivity contribution is 5.96. The molecule has 2 N–H and O–H groups in total. The Hall–Kier alpha value is -4.01. The highest BCUT2D eigenvalue weighted by Gasteiger charge is 2.22. The molecule has 3 amide bonds. The Labute approximate surface area is 199 Å². The highest BCUT2D eigenvalue weighted by atomic mass is 16.5. The molecule has 0 aliphatic carbocycles. The molecular formula is C25H31N5O4. The molecule has 34 heavy (non-hydrogen) atoms. The maximum atomic E-state index is 12.8. The van der Waals surface area contributed by atoms with Crippen LogP contribution < -0.4 is 20.1 Å². The van der Waals surface area contributed by atoms with E-state index in [9.17, 15) is 9.59 Å². The van der Waals surface area contributed by atoms with Gasteiger partial charge < -0.3 is 25.0 Å². The van der Waals surface area contributed by atoms with E-state index in [1.165, 1.54) is 4.90 Å². The smallest absolute Gasteiger partial charge is 0.322 e. The van der Waals surface area contributed by atoms with Crippen molar-refractivity contribution >= 4 is 23.4 Å². The summed E-state index contributed by atoms with van der Waals surface area (Å²) in [5.74, 6) is 1.51. The zero-order valence-electron chi connectivity index (χ0n) is 20.4. The predicted octanol–water partition coefficient (Wildman–Crippen LogP) is 4.29. The summed E-state index contributed by atoms with van der Waals surface area (Å²) >= 11 is 0. The molecule has 0 spiro atoms. The van der Waals surface area contributed by atoms with Gasteiger partial charge in [0.15, 0.2) is 0 Å². The molecule has 0 saturated carbocycles. The third-order valence-electron chi connectivity index (χ3n) is 5.11. The monoisotopic (exact) mass is 465 g/mol. The number of nitrogens with zero attached hydrogens (tertiary/aromatic N) is 3. The third-order valence-corrected chi connectivity index (χ3v) is 5.11. The first-order chi connectivity index (χ1) is 16.1. The van der Waals surface area contributed by atoms with E-state index in [2.05, 4.69) is 31.4 Å². The quantitative estimate of drug-likeness (QED) is 0.543. The van der Waals surface area contributed by atoms with E-state index >= 15 is 0 Å². The Balaban J connectivity index is 1.73. The van der Waals surface area contributed by atoms with Crippen molar-refractivity contribution < 1.29 is 19.1 Å². The molecular weight excluding hydrogens is 434 g/mol. The Kier molecular flexibility index (Phi) is 7.45. The van der Waals surface area contributed by atoms with Gasteiger partial charge in [-0.15, -0.1) is 0 Å². The summed E-state index contributed by atoms with van der Waals surface area (Å²) in [5, 5.41) is 10.3. The molecule has 0 aliphatic rings. The van der Waals surface area contributed by atoms with Crippen LogP contribution in [0.1, 0.15) is 26.5 Å². The maximum absolute atomic E-state index is 12.8. The van der Waals surface area contributed by atoms with Crippen molar-refractivity contribution in [1.29, 1.82) is 0 Å². The van der Waals surface area contributed by atoms with Crippen LogP contribution in [0.3, 0.4) is 0 Å². The molecule has 9 nitrogen and oxygen atoms in total. The summed E-state index contributed by atoms with van der Waals surface area (Å²) in [7, 11) is 4.71. The summed E-state index contributed by atoms with van der Waals surface area (Å²) in [4.78, 5) is 26.7. The standard InChI is InChI=1S/C25H31N5O4/c1-25(2,3)21-15-22(30(28-21)18-10-12-19(33-5)13-11-18)27-23(31)16-29(4)24(32)26-17-8-7-9-20(14-17)34-6/h7-15H,16H2,1-6H3,(H,26,32)(H,27,31). The van der Waals surface area contributed by atoms with Crippen molar-refractivity contribution in [2.75, 3.05) is 38.4 Å². The molecule has 0 aliphatic heterocycles. The minimum Gasteiger partial charge on any atom is -0.497 e. The number of ether oxygens (including phenoxy) is 2. The SMILES string of the molecule is COc1ccc(-n2nc(C(C)(C)C)cc2NC(=O)CN(C)C(=O)Nc2cccc(OC)c2)cc1. The number of urea groups is 1. The second-order valence-corrected chi connectivity index (χ2v) is 8.84. The van der Waals surface area contributed by atoms with Crippen molar-refractivity contribution in [1.82, 2.24) is 14.7 Å². The number of rotatable bonds is 7. The Bertz CT molecular complexity index is 1150. The number of benzene rings is 2. The molecule has 2 aromatic carbocycles. The van der Waals surface area contributed by atoms with Crippen LogP contribution in [0.25, 0.3) is 5.69 Å². The minimum atomic E-state index is -0.414. The number of amides is 3. The number of anilines is 2. The molecule has 0 saturated heterocycles. The summed E-state index contributed by atoms with van der Waals surface area (Å²) in [5.41, 5.74) is 1.95. The van der Waals surface area contributed by atoms with Gasteiger partial charge in [-0.2, -0.15) is 5.10 Å². The van der Waals surface area contributed by atoms with E-state index in [1.807, 2.05) is 30.3 Å². The topological polar surface area (TPSA) is 97.7 Å². The number of hydrogen-bond acceptors (Lipinski definition) is 5. The average Bonchev–Trinajstić information content (AvgIpc) is 3.23. The zero-order valence-corrected chi connectivity index (χ0v) is 20.4. The molecule has 0 radical (unpaired) electrons. The van der Waals surface area contributed by atoms with Crippen LogP contribution in [0.2, 0.25) is 0 Å². The molecule has 9 heteroatoms. The number of methoxy groups -OCH3 is 2.